The molecule has 1 aliphatic rings. The molecule has 0 bridgehead atoms. The minimum absolute atomic E-state index is 0.0785. The van der Waals surface area contributed by atoms with Crippen molar-refractivity contribution in [1.82, 2.24) is 20.1 Å². The SMILES string of the molecule is CC(C)n1c(SCC(=O)NC2CCCCCC2)nnc1-c1ccco1. The third-order valence-corrected chi connectivity index (χ3v) is 5.42. The Balaban J connectivity index is 1.62. The van der Waals surface area contributed by atoms with E-state index >= 15 is 0 Å². The zero-order valence-corrected chi connectivity index (χ0v) is 15.7. The second-order valence-corrected chi connectivity index (χ2v) is 7.73. The molecule has 2 aromatic rings. The van der Waals surface area contributed by atoms with Gasteiger partial charge in [-0.3, -0.25) is 9.36 Å². The molecule has 1 aliphatic carbocycles. The molecule has 6 nitrogen and oxygen atoms in total. The molecular formula is C18H26N4O2S. The summed E-state index contributed by atoms with van der Waals surface area (Å²) in [5.41, 5.74) is 0. The van der Waals surface area contributed by atoms with Gasteiger partial charge < -0.3 is 9.73 Å². The summed E-state index contributed by atoms with van der Waals surface area (Å²) in [6.07, 6.45) is 8.82. The van der Waals surface area contributed by atoms with Crippen molar-refractivity contribution >= 4 is 17.7 Å². The summed E-state index contributed by atoms with van der Waals surface area (Å²) < 4.78 is 7.47. The van der Waals surface area contributed by atoms with Gasteiger partial charge in [-0.1, -0.05) is 37.4 Å². The number of carbonyl (C=O) groups is 1. The van der Waals surface area contributed by atoms with Gasteiger partial charge in [0.25, 0.3) is 0 Å². The van der Waals surface area contributed by atoms with E-state index in [4.69, 9.17) is 4.42 Å². The Labute approximate surface area is 152 Å². The average molecular weight is 362 g/mol. The van der Waals surface area contributed by atoms with E-state index in [1.165, 1.54) is 37.4 Å². The van der Waals surface area contributed by atoms with Gasteiger partial charge in [0.2, 0.25) is 11.7 Å². The van der Waals surface area contributed by atoms with Crippen LogP contribution in [0.4, 0.5) is 0 Å². The Morgan fingerprint density at radius 2 is 2.08 bits per heavy atom. The van der Waals surface area contributed by atoms with Crippen LogP contribution in [0, 0.1) is 0 Å². The topological polar surface area (TPSA) is 73.0 Å². The van der Waals surface area contributed by atoms with Crippen LogP contribution in [0.1, 0.15) is 58.4 Å². The minimum atomic E-state index is 0.0785. The lowest BCUT2D eigenvalue weighted by molar-refractivity contribution is -0.119. The highest BCUT2D eigenvalue weighted by molar-refractivity contribution is 7.99. The van der Waals surface area contributed by atoms with Gasteiger partial charge in [0.15, 0.2) is 10.9 Å². The van der Waals surface area contributed by atoms with E-state index in [2.05, 4.69) is 29.4 Å². The number of carbonyl (C=O) groups excluding carboxylic acids is 1. The molecule has 0 aromatic carbocycles. The second kappa shape index (κ2) is 8.56. The van der Waals surface area contributed by atoms with Crippen molar-refractivity contribution in [3.63, 3.8) is 0 Å². The maximum absolute atomic E-state index is 12.3. The molecule has 0 aliphatic heterocycles. The first-order chi connectivity index (χ1) is 12.1. The average Bonchev–Trinajstić information content (AvgIpc) is 3.18. The van der Waals surface area contributed by atoms with E-state index in [-0.39, 0.29) is 11.9 Å². The summed E-state index contributed by atoms with van der Waals surface area (Å²) in [4.78, 5) is 12.3. The summed E-state index contributed by atoms with van der Waals surface area (Å²) in [7, 11) is 0. The largest absolute Gasteiger partial charge is 0.461 e. The van der Waals surface area contributed by atoms with Gasteiger partial charge in [-0.2, -0.15) is 0 Å². The highest BCUT2D eigenvalue weighted by atomic mass is 32.2. The molecular weight excluding hydrogens is 336 g/mol. The van der Waals surface area contributed by atoms with Crippen LogP contribution in [-0.2, 0) is 4.79 Å². The molecule has 1 fully saturated rings. The van der Waals surface area contributed by atoms with Gasteiger partial charge in [0, 0.05) is 12.1 Å². The predicted octanol–water partition coefficient (Wildman–Crippen LogP) is 4.05. The standard InChI is InChI=1S/C18H26N4O2S/c1-13(2)22-17(15-10-7-11-24-15)20-21-18(22)25-12-16(23)19-14-8-5-3-4-6-9-14/h7,10-11,13-14H,3-6,8-9,12H2,1-2H3,(H,19,23). The van der Waals surface area contributed by atoms with Crippen molar-refractivity contribution in [3.05, 3.63) is 18.4 Å². The van der Waals surface area contributed by atoms with Crippen molar-refractivity contribution in [2.75, 3.05) is 5.75 Å². The van der Waals surface area contributed by atoms with Crippen LogP contribution >= 0.6 is 11.8 Å². The Morgan fingerprint density at radius 1 is 1.32 bits per heavy atom. The van der Waals surface area contributed by atoms with Gasteiger partial charge in [0.05, 0.1) is 12.0 Å². The van der Waals surface area contributed by atoms with Crippen molar-refractivity contribution in [2.24, 2.45) is 0 Å². The first kappa shape index (κ1) is 18.0. The van der Waals surface area contributed by atoms with Crippen LogP contribution in [0.5, 0.6) is 0 Å². The monoisotopic (exact) mass is 362 g/mol. The minimum Gasteiger partial charge on any atom is -0.461 e. The van der Waals surface area contributed by atoms with Gasteiger partial charge in [-0.25, -0.2) is 0 Å². The lowest BCUT2D eigenvalue weighted by atomic mass is 10.1. The summed E-state index contributed by atoms with van der Waals surface area (Å²) in [6.45, 7) is 4.15. The van der Waals surface area contributed by atoms with Gasteiger partial charge >= 0.3 is 0 Å². The molecule has 0 spiro atoms. The maximum atomic E-state index is 12.3. The molecule has 3 rings (SSSR count). The molecule has 0 radical (unpaired) electrons. The van der Waals surface area contributed by atoms with Gasteiger partial charge in [-0.05, 0) is 38.8 Å². The van der Waals surface area contributed by atoms with E-state index in [0.29, 0.717) is 23.4 Å². The van der Waals surface area contributed by atoms with Crippen molar-refractivity contribution in [2.45, 2.75) is 69.6 Å². The summed E-state index contributed by atoms with van der Waals surface area (Å²) in [5, 5.41) is 12.4. The number of nitrogens with one attached hydrogen (secondary N) is 1. The van der Waals surface area contributed by atoms with E-state index in [9.17, 15) is 4.79 Å². The number of aromatic nitrogens is 3. The smallest absolute Gasteiger partial charge is 0.230 e. The summed E-state index contributed by atoms with van der Waals surface area (Å²) in [6, 6.07) is 4.22. The van der Waals surface area contributed by atoms with Crippen LogP contribution in [-0.4, -0.2) is 32.5 Å². The molecule has 1 N–H and O–H groups in total. The molecule has 136 valence electrons. The van der Waals surface area contributed by atoms with Crippen LogP contribution in [0.25, 0.3) is 11.6 Å². The van der Waals surface area contributed by atoms with Crippen LogP contribution < -0.4 is 5.32 Å². The number of amides is 1. The van der Waals surface area contributed by atoms with Crippen LogP contribution in [0.2, 0.25) is 0 Å². The summed E-state index contributed by atoms with van der Waals surface area (Å²) >= 11 is 1.43. The zero-order chi connectivity index (χ0) is 17.6. The fourth-order valence-corrected chi connectivity index (χ4v) is 4.12. The normalized spacial score (nSPS) is 16.1. The molecule has 0 unspecified atom stereocenters. The van der Waals surface area contributed by atoms with E-state index < -0.39 is 0 Å². The molecule has 7 heteroatoms. The lowest BCUT2D eigenvalue weighted by Crippen LogP contribution is -2.35. The Kier molecular flexibility index (Phi) is 6.18. The maximum Gasteiger partial charge on any atom is 0.230 e. The molecule has 0 atom stereocenters. The number of rotatable bonds is 6. The van der Waals surface area contributed by atoms with Gasteiger partial charge in [0.1, 0.15) is 0 Å². The molecule has 1 saturated carbocycles. The van der Waals surface area contributed by atoms with Crippen LogP contribution in [0.15, 0.2) is 28.0 Å². The fraction of sp³-hybridized carbons (Fsp3) is 0.611. The quantitative estimate of drug-likeness (QED) is 0.620. The number of furan rings is 1. The molecule has 2 aromatic heterocycles. The van der Waals surface area contributed by atoms with Crippen molar-refractivity contribution in [1.29, 1.82) is 0 Å². The molecule has 2 heterocycles. The third kappa shape index (κ3) is 4.66. The van der Waals surface area contributed by atoms with Crippen molar-refractivity contribution < 1.29 is 9.21 Å². The Hall–Kier alpha value is -1.76. The first-order valence-corrected chi connectivity index (χ1v) is 10.0. The highest BCUT2D eigenvalue weighted by Crippen LogP contribution is 2.28. The fourth-order valence-electron chi connectivity index (χ4n) is 3.24. The van der Waals surface area contributed by atoms with E-state index in [1.54, 1.807) is 6.26 Å². The highest BCUT2D eigenvalue weighted by Gasteiger charge is 2.20. The molecule has 0 saturated heterocycles. The Morgan fingerprint density at radius 3 is 2.72 bits per heavy atom. The number of hydrogen-bond acceptors (Lipinski definition) is 5. The first-order valence-electron chi connectivity index (χ1n) is 9.06. The summed E-state index contributed by atoms with van der Waals surface area (Å²) in [5.74, 6) is 1.83. The zero-order valence-electron chi connectivity index (χ0n) is 14.9. The third-order valence-electron chi connectivity index (χ3n) is 4.48. The van der Waals surface area contributed by atoms with E-state index in [1.807, 2.05) is 16.7 Å². The molecule has 1 amide bonds. The number of hydrogen-bond donors (Lipinski definition) is 1. The van der Waals surface area contributed by atoms with Crippen LogP contribution in [0.3, 0.4) is 0 Å². The molecule has 25 heavy (non-hydrogen) atoms. The lowest BCUT2D eigenvalue weighted by Gasteiger charge is -2.16. The van der Waals surface area contributed by atoms with E-state index in [0.717, 1.165) is 18.0 Å². The number of nitrogens with zero attached hydrogens (tertiary/aromatic N) is 3. The second-order valence-electron chi connectivity index (χ2n) is 6.79. The van der Waals surface area contributed by atoms with Crippen molar-refractivity contribution in [3.8, 4) is 11.6 Å². The Bertz CT molecular complexity index is 673. The van der Waals surface area contributed by atoms with Gasteiger partial charge in [-0.15, -0.1) is 10.2 Å². The predicted molar refractivity (Wildman–Crippen MR) is 98.5 cm³/mol. The number of thioether (sulfide) groups is 1.